The van der Waals surface area contributed by atoms with E-state index in [1.807, 2.05) is 0 Å². The third-order valence-corrected chi connectivity index (χ3v) is 8.16. The van der Waals surface area contributed by atoms with Gasteiger partial charge in [0.25, 0.3) is 5.69 Å². The Morgan fingerprint density at radius 1 is 1.05 bits per heavy atom. The van der Waals surface area contributed by atoms with Gasteiger partial charge in [-0.1, -0.05) is 35.9 Å². The maximum Gasteiger partial charge on any atom is 0.410 e. The number of nitrogens with zero attached hydrogens (tertiary/aromatic N) is 2. The molecule has 3 aromatic carbocycles. The van der Waals surface area contributed by atoms with Crippen molar-refractivity contribution in [2.24, 2.45) is 0 Å². The number of hydrogen-bond acceptors (Lipinski definition) is 9. The van der Waals surface area contributed by atoms with Crippen molar-refractivity contribution in [3.8, 4) is 0 Å². The Morgan fingerprint density at radius 3 is 2.28 bits per heavy atom. The number of rotatable bonds is 11. The van der Waals surface area contributed by atoms with Gasteiger partial charge in [0.2, 0.25) is 9.84 Å². The zero-order chi connectivity index (χ0) is 31.9. The lowest BCUT2D eigenvalue weighted by atomic mass is 10.1. The van der Waals surface area contributed by atoms with Crippen molar-refractivity contribution in [1.29, 1.82) is 0 Å². The molecule has 1 N–H and O–H groups in total. The average Bonchev–Trinajstić information content (AvgIpc) is 2.94. The minimum absolute atomic E-state index is 0.0423. The molecule has 13 heteroatoms. The molecule has 1 atom stereocenters. The number of benzene rings is 3. The predicted molar refractivity (Wildman–Crippen MR) is 159 cm³/mol. The first-order valence-corrected chi connectivity index (χ1v) is 15.2. The summed E-state index contributed by atoms with van der Waals surface area (Å²) < 4.78 is 37.0. The van der Waals surface area contributed by atoms with Crippen LogP contribution in [-0.4, -0.2) is 60.7 Å². The summed E-state index contributed by atoms with van der Waals surface area (Å²) in [6.07, 6.45) is -1.34. The van der Waals surface area contributed by atoms with Crippen molar-refractivity contribution in [2.45, 2.75) is 55.6 Å². The van der Waals surface area contributed by atoms with Crippen molar-refractivity contribution in [2.75, 3.05) is 19.7 Å². The minimum Gasteiger partial charge on any atom is -0.462 e. The Morgan fingerprint density at radius 2 is 1.70 bits per heavy atom. The smallest absolute Gasteiger partial charge is 0.410 e. The fourth-order valence-electron chi connectivity index (χ4n) is 4.06. The first-order valence-electron chi connectivity index (χ1n) is 13.3. The number of nitro benzene ring substituents is 1. The van der Waals surface area contributed by atoms with E-state index in [1.54, 1.807) is 57.2 Å². The summed E-state index contributed by atoms with van der Waals surface area (Å²) in [4.78, 5) is 36.8. The summed E-state index contributed by atoms with van der Waals surface area (Å²) in [6.45, 7) is 6.77. The molecule has 43 heavy (non-hydrogen) atoms. The maximum absolute atomic E-state index is 13.3. The van der Waals surface area contributed by atoms with Gasteiger partial charge in [0.05, 0.1) is 34.0 Å². The highest BCUT2D eigenvalue weighted by Gasteiger charge is 2.27. The van der Waals surface area contributed by atoms with Gasteiger partial charge in [-0.25, -0.2) is 18.0 Å². The van der Waals surface area contributed by atoms with Gasteiger partial charge in [0, 0.05) is 17.6 Å². The van der Waals surface area contributed by atoms with E-state index in [0.717, 1.165) is 18.2 Å². The summed E-state index contributed by atoms with van der Waals surface area (Å²) in [5.41, 5.74) is -0.569. The van der Waals surface area contributed by atoms with Crippen LogP contribution in [0.25, 0.3) is 0 Å². The molecule has 3 rings (SSSR count). The van der Waals surface area contributed by atoms with E-state index < -0.39 is 49.8 Å². The minimum atomic E-state index is -4.14. The fraction of sp³-hybridized carbons (Fsp3) is 0.333. The number of nitro groups is 1. The molecule has 0 aliphatic heterocycles. The topological polar surface area (TPSA) is 153 Å². The largest absolute Gasteiger partial charge is 0.462 e. The zero-order valence-corrected chi connectivity index (χ0v) is 25.7. The summed E-state index contributed by atoms with van der Waals surface area (Å²) in [5, 5.41) is 22.6. The zero-order valence-electron chi connectivity index (χ0n) is 24.2. The number of hydrogen-bond donors (Lipinski definition) is 1. The van der Waals surface area contributed by atoms with E-state index in [0.29, 0.717) is 22.6 Å². The van der Waals surface area contributed by atoms with Crippen LogP contribution in [0.15, 0.2) is 76.5 Å². The fourth-order valence-corrected chi connectivity index (χ4v) is 5.55. The van der Waals surface area contributed by atoms with Crippen molar-refractivity contribution < 1.29 is 37.5 Å². The van der Waals surface area contributed by atoms with Crippen LogP contribution in [0.5, 0.6) is 0 Å². The summed E-state index contributed by atoms with van der Waals surface area (Å²) >= 11 is 6.05. The molecule has 0 bridgehead atoms. The van der Waals surface area contributed by atoms with Crippen LogP contribution in [0.2, 0.25) is 5.02 Å². The Kier molecular flexibility index (Phi) is 10.9. The molecule has 0 saturated carbocycles. The Balaban J connectivity index is 1.81. The first-order chi connectivity index (χ1) is 20.1. The average molecular weight is 633 g/mol. The monoisotopic (exact) mass is 632 g/mol. The number of halogens is 1. The van der Waals surface area contributed by atoms with Crippen LogP contribution < -0.4 is 0 Å². The van der Waals surface area contributed by atoms with Gasteiger partial charge >= 0.3 is 12.1 Å². The lowest BCUT2D eigenvalue weighted by molar-refractivity contribution is -0.385. The van der Waals surface area contributed by atoms with Crippen molar-refractivity contribution in [3.05, 3.63) is 98.6 Å². The molecule has 0 spiro atoms. The molecule has 0 unspecified atom stereocenters. The summed E-state index contributed by atoms with van der Waals surface area (Å²) in [6, 6.07) is 15.5. The van der Waals surface area contributed by atoms with Gasteiger partial charge < -0.3 is 19.5 Å². The Labute approximate surface area is 255 Å². The Hall–Kier alpha value is -4.00. The quantitative estimate of drug-likeness (QED) is 0.158. The van der Waals surface area contributed by atoms with Crippen LogP contribution in [-0.2, 0) is 25.7 Å². The molecule has 230 valence electrons. The molecule has 11 nitrogen and oxygen atoms in total. The van der Waals surface area contributed by atoms with Crippen molar-refractivity contribution in [1.82, 2.24) is 4.90 Å². The molecule has 0 aromatic heterocycles. The number of carbonyl (C=O) groups is 2. The van der Waals surface area contributed by atoms with Crippen LogP contribution in [0.1, 0.15) is 55.3 Å². The molecule has 0 aliphatic carbocycles. The van der Waals surface area contributed by atoms with Crippen molar-refractivity contribution >= 4 is 39.2 Å². The van der Waals surface area contributed by atoms with Gasteiger partial charge in [-0.3, -0.25) is 10.1 Å². The standard InChI is InChI=1S/C30H33ClN2O9S/c1-5-41-28(35)25-18-24(13-14-26(25)33(37)38)43(39,40)23-11-9-20(10-12-23)15-16-32(29(36)42-30(2,3)4)19-27(34)21-7-6-8-22(31)17-21/h6-14,17-18,27,34H,5,15-16,19H2,1-4H3/t27-/m1/s1. The molecular formula is C30H33ClN2O9S. The molecule has 0 aliphatic rings. The van der Waals surface area contributed by atoms with Gasteiger partial charge in [0.15, 0.2) is 0 Å². The van der Waals surface area contributed by atoms with Crippen LogP contribution in [0, 0.1) is 10.1 Å². The number of esters is 1. The SMILES string of the molecule is CCOC(=O)c1cc(S(=O)(=O)c2ccc(CCN(C[C@@H](O)c3cccc(Cl)c3)C(=O)OC(C)(C)C)cc2)ccc1[N+](=O)[O-]. The van der Waals surface area contributed by atoms with Crippen LogP contribution in [0.4, 0.5) is 10.5 Å². The van der Waals surface area contributed by atoms with Gasteiger partial charge in [-0.2, -0.15) is 0 Å². The molecule has 0 saturated heterocycles. The first kappa shape index (κ1) is 33.5. The van der Waals surface area contributed by atoms with Gasteiger partial charge in [-0.15, -0.1) is 0 Å². The van der Waals surface area contributed by atoms with Crippen LogP contribution >= 0.6 is 11.6 Å². The lowest BCUT2D eigenvalue weighted by Gasteiger charge is -2.29. The van der Waals surface area contributed by atoms with E-state index in [9.17, 15) is 33.2 Å². The molecule has 1 amide bonds. The second-order valence-corrected chi connectivity index (χ2v) is 12.9. The second kappa shape index (κ2) is 14.0. The predicted octanol–water partition coefficient (Wildman–Crippen LogP) is 5.77. The highest BCUT2D eigenvalue weighted by atomic mass is 35.5. The number of carbonyl (C=O) groups excluding carboxylic acids is 2. The normalized spacial score (nSPS) is 12.3. The van der Waals surface area contributed by atoms with E-state index in [4.69, 9.17) is 21.1 Å². The highest BCUT2D eigenvalue weighted by Crippen LogP contribution is 2.28. The van der Waals surface area contributed by atoms with E-state index >= 15 is 0 Å². The van der Waals surface area contributed by atoms with Crippen LogP contribution in [0.3, 0.4) is 0 Å². The second-order valence-electron chi connectivity index (χ2n) is 10.6. The number of amides is 1. The number of sulfone groups is 1. The lowest BCUT2D eigenvalue weighted by Crippen LogP contribution is -2.40. The third-order valence-electron chi connectivity index (χ3n) is 6.15. The van der Waals surface area contributed by atoms with Crippen molar-refractivity contribution in [3.63, 3.8) is 0 Å². The van der Waals surface area contributed by atoms with Gasteiger partial charge in [-0.05, 0) is 81.6 Å². The number of aliphatic hydroxyl groups is 1. The third kappa shape index (κ3) is 8.99. The number of ether oxygens (including phenoxy) is 2. The Bertz CT molecular complexity index is 1590. The van der Waals surface area contributed by atoms with E-state index in [-0.39, 0.29) is 29.5 Å². The molecule has 0 heterocycles. The number of aliphatic hydroxyl groups excluding tert-OH is 1. The molecule has 3 aromatic rings. The van der Waals surface area contributed by atoms with Gasteiger partial charge in [0.1, 0.15) is 11.2 Å². The highest BCUT2D eigenvalue weighted by molar-refractivity contribution is 7.91. The van der Waals surface area contributed by atoms with E-state index in [2.05, 4.69) is 0 Å². The molecule has 0 radical (unpaired) electrons. The summed E-state index contributed by atoms with van der Waals surface area (Å²) in [5.74, 6) is -1.00. The maximum atomic E-state index is 13.3. The molecular weight excluding hydrogens is 600 g/mol. The van der Waals surface area contributed by atoms with E-state index in [1.165, 1.54) is 24.0 Å². The summed E-state index contributed by atoms with van der Waals surface area (Å²) in [7, 11) is -4.14. The molecule has 0 fully saturated rings.